The van der Waals surface area contributed by atoms with E-state index in [-0.39, 0.29) is 75.2 Å². The van der Waals surface area contributed by atoms with E-state index in [1.54, 1.807) is 25.7 Å². The van der Waals surface area contributed by atoms with Crippen LogP contribution in [0.15, 0.2) is 53.6 Å². The third kappa shape index (κ3) is 6.33. The third-order valence-electron chi connectivity index (χ3n) is 8.10. The van der Waals surface area contributed by atoms with Crippen LogP contribution in [0.3, 0.4) is 0 Å². The monoisotopic (exact) mass is 587 g/mol. The molecule has 0 bridgehead atoms. The van der Waals surface area contributed by atoms with E-state index in [1.165, 1.54) is 0 Å². The number of halogens is 3. The average molecular weight is 587 g/mol. The molecule has 3 aromatic rings. The zero-order valence-electron chi connectivity index (χ0n) is 23.7. The number of rotatable bonds is 6. The van der Waals surface area contributed by atoms with Gasteiger partial charge in [0.25, 0.3) is 0 Å². The molecule has 1 amide bonds. The molecule has 12 heteroatoms. The molecule has 7 nitrogen and oxygen atoms in total. The summed E-state index contributed by atoms with van der Waals surface area (Å²) < 4.78 is 46.2. The van der Waals surface area contributed by atoms with Crippen molar-refractivity contribution in [1.29, 1.82) is 0 Å². The Morgan fingerprint density at radius 3 is 2.05 bits per heavy atom. The number of piperazine rings is 1. The number of nitrogens with zero attached hydrogens (tertiary/aromatic N) is 5. The summed E-state index contributed by atoms with van der Waals surface area (Å²) in [6, 6.07) is 16.3. The number of ether oxygens (including phenoxy) is 1. The largest absolute Gasteiger partial charge is 1.00 e. The van der Waals surface area contributed by atoms with Crippen molar-refractivity contribution in [3.05, 3.63) is 92.4 Å². The van der Waals surface area contributed by atoms with Crippen LogP contribution in [-0.2, 0) is 11.1 Å². The van der Waals surface area contributed by atoms with Gasteiger partial charge >= 0.3 is 64.5 Å². The number of amides is 1. The maximum absolute atomic E-state index is 13.5. The first-order chi connectivity index (χ1) is 19.1. The number of carbonyl (C=O) groups is 1. The van der Waals surface area contributed by atoms with Crippen molar-refractivity contribution in [2.45, 2.75) is 33.0 Å². The quantitative estimate of drug-likeness (QED) is 0.184. The molecule has 208 valence electrons. The van der Waals surface area contributed by atoms with Crippen molar-refractivity contribution in [2.75, 3.05) is 37.7 Å². The smallest absolute Gasteiger partial charge is 0.449 e. The second-order valence-corrected chi connectivity index (χ2v) is 10.4. The number of benzene rings is 3. The zero-order chi connectivity index (χ0) is 28.6. The minimum Gasteiger partial charge on any atom is -0.449 e. The maximum atomic E-state index is 13.5. The summed E-state index contributed by atoms with van der Waals surface area (Å²) in [4.78, 5) is 19.5. The summed E-state index contributed by atoms with van der Waals surface area (Å²) in [5.41, 5.74) is 16.2. The van der Waals surface area contributed by atoms with Gasteiger partial charge in [-0.2, -0.15) is 0 Å². The average Bonchev–Trinajstić information content (AvgIpc) is 3.26. The van der Waals surface area contributed by atoms with Crippen LogP contribution in [0, 0.1) is 20.8 Å². The number of fused-ring (bicyclic) bond motifs is 3. The van der Waals surface area contributed by atoms with Gasteiger partial charge in [-0.1, -0.05) is 65.5 Å². The molecule has 3 aromatic carbocycles. The molecule has 2 aliphatic rings. The Morgan fingerprint density at radius 1 is 0.951 bits per heavy atom. The predicted molar refractivity (Wildman–Crippen MR) is 151 cm³/mol. The van der Waals surface area contributed by atoms with Crippen LogP contribution in [0.1, 0.15) is 39.3 Å². The van der Waals surface area contributed by atoms with E-state index in [9.17, 15) is 17.7 Å². The number of hydrogen-bond acceptors (Lipinski definition) is 4. The molecule has 0 unspecified atom stereocenters. The topological polar surface area (TPSA) is 81.5 Å². The molecule has 0 radical (unpaired) electrons. The Bertz CT molecular complexity index is 1470. The third-order valence-corrected chi connectivity index (χ3v) is 8.10. The van der Waals surface area contributed by atoms with Gasteiger partial charge < -0.3 is 27.5 Å². The molecular formula is C29H30BF3KN5O2. The van der Waals surface area contributed by atoms with Crippen LogP contribution in [0.5, 0.6) is 0 Å². The van der Waals surface area contributed by atoms with Crippen LogP contribution in [0.25, 0.3) is 21.6 Å². The van der Waals surface area contributed by atoms with Gasteiger partial charge in [0.15, 0.2) is 0 Å². The first-order valence-corrected chi connectivity index (χ1v) is 13.3. The standard InChI is InChI=1S/C29H30BF3N5O2.K/c1-18-25(16-30(31,32)33)19(2)28(20(3)27(18)35-36-34)37-12-14-38(15-13-37)29(39)40-17-26-23-10-6-4-8-21(23)22-9-5-7-11-24(22)26;/h4-11,26H,12-17H2,1-3H3;/q-1;+1. The zero-order valence-corrected chi connectivity index (χ0v) is 26.8. The SMILES string of the molecule is Cc1c(C[B-](F)(F)F)c(C)c(N2CCN(C(=O)OCC3c4ccccc4-c4ccccc43)CC2)c(C)c1N=[N+]=[N-].[K+]. The molecule has 0 aromatic heterocycles. The van der Waals surface area contributed by atoms with Gasteiger partial charge in [-0.05, 0) is 65.2 Å². The van der Waals surface area contributed by atoms with Gasteiger partial charge in [0.2, 0.25) is 0 Å². The fourth-order valence-corrected chi connectivity index (χ4v) is 6.25. The summed E-state index contributed by atoms with van der Waals surface area (Å²) in [6.07, 6.45) is -1.45. The van der Waals surface area contributed by atoms with Crippen molar-refractivity contribution in [3.8, 4) is 11.1 Å². The van der Waals surface area contributed by atoms with E-state index < -0.39 is 19.4 Å². The first kappa shape index (κ1) is 31.5. The van der Waals surface area contributed by atoms with E-state index >= 15 is 0 Å². The van der Waals surface area contributed by atoms with E-state index in [1.807, 2.05) is 29.2 Å². The Labute approximate surface area is 280 Å². The van der Waals surface area contributed by atoms with Gasteiger partial charge in [-0.3, -0.25) is 0 Å². The Kier molecular flexibility index (Phi) is 9.83. The molecule has 1 fully saturated rings. The molecule has 0 saturated carbocycles. The van der Waals surface area contributed by atoms with Crippen molar-refractivity contribution in [3.63, 3.8) is 0 Å². The Morgan fingerprint density at radius 2 is 1.51 bits per heavy atom. The van der Waals surface area contributed by atoms with E-state index in [4.69, 9.17) is 10.3 Å². The fraction of sp³-hybridized carbons (Fsp3) is 0.345. The molecule has 0 N–H and O–H groups in total. The first-order valence-electron chi connectivity index (χ1n) is 13.3. The normalized spacial score (nSPS) is 14.6. The molecule has 0 atom stereocenters. The summed E-state index contributed by atoms with van der Waals surface area (Å²) in [7, 11) is 0. The number of anilines is 1. The van der Waals surface area contributed by atoms with Gasteiger partial charge in [-0.15, -0.1) is 0 Å². The molecule has 5 rings (SSSR count). The van der Waals surface area contributed by atoms with Gasteiger partial charge in [0.05, 0.1) is 0 Å². The fourth-order valence-electron chi connectivity index (χ4n) is 6.25. The van der Waals surface area contributed by atoms with E-state index in [0.717, 1.165) is 22.3 Å². The molecule has 1 saturated heterocycles. The second-order valence-electron chi connectivity index (χ2n) is 10.4. The van der Waals surface area contributed by atoms with Gasteiger partial charge in [0.1, 0.15) is 6.61 Å². The minimum atomic E-state index is -5.08. The van der Waals surface area contributed by atoms with Crippen molar-refractivity contribution in [2.24, 2.45) is 5.11 Å². The van der Waals surface area contributed by atoms with Crippen molar-refractivity contribution >= 4 is 24.4 Å². The Hall–Kier alpha value is -2.47. The van der Waals surface area contributed by atoms with Gasteiger partial charge in [0, 0.05) is 48.4 Å². The van der Waals surface area contributed by atoms with Crippen LogP contribution >= 0.6 is 0 Å². The molecular weight excluding hydrogens is 557 g/mol. The minimum absolute atomic E-state index is 0. The van der Waals surface area contributed by atoms with Crippen LogP contribution < -0.4 is 56.3 Å². The molecule has 1 aliphatic heterocycles. The second kappa shape index (κ2) is 12.8. The number of hydrogen-bond donors (Lipinski definition) is 0. The maximum Gasteiger partial charge on any atom is 1.00 e. The summed E-state index contributed by atoms with van der Waals surface area (Å²) >= 11 is 0. The van der Waals surface area contributed by atoms with E-state index in [2.05, 4.69) is 34.3 Å². The van der Waals surface area contributed by atoms with E-state index in [0.29, 0.717) is 48.6 Å². The summed E-state index contributed by atoms with van der Waals surface area (Å²) in [6.45, 7) is 1.72. The summed E-state index contributed by atoms with van der Waals surface area (Å²) in [5.74, 6) is -0.0387. The predicted octanol–water partition coefficient (Wildman–Crippen LogP) is 4.56. The van der Waals surface area contributed by atoms with Crippen molar-refractivity contribution < 1.29 is 73.9 Å². The molecule has 1 aliphatic carbocycles. The van der Waals surface area contributed by atoms with Crippen LogP contribution in [0.2, 0.25) is 0 Å². The molecule has 1 heterocycles. The summed E-state index contributed by atoms with van der Waals surface area (Å²) in [5, 5.41) is 3.74. The molecule has 41 heavy (non-hydrogen) atoms. The molecule has 0 spiro atoms. The Balaban J connectivity index is 0.00000387. The number of azide groups is 1. The van der Waals surface area contributed by atoms with Crippen LogP contribution in [-0.4, -0.2) is 50.8 Å². The van der Waals surface area contributed by atoms with Gasteiger partial charge in [-0.25, -0.2) is 4.79 Å². The van der Waals surface area contributed by atoms with Crippen LogP contribution in [0.4, 0.5) is 29.1 Å². The number of carbonyl (C=O) groups excluding carboxylic acids is 1. The van der Waals surface area contributed by atoms with Crippen molar-refractivity contribution in [1.82, 2.24) is 4.90 Å².